The van der Waals surface area contributed by atoms with Gasteiger partial charge in [-0.25, -0.2) is 0 Å². The highest BCUT2D eigenvalue weighted by molar-refractivity contribution is 4.75. The molecule has 0 aliphatic heterocycles. The lowest BCUT2D eigenvalue weighted by Crippen LogP contribution is -2.26. The minimum atomic E-state index is 0.618. The highest BCUT2D eigenvalue weighted by Gasteiger charge is 2.23. The van der Waals surface area contributed by atoms with E-state index in [9.17, 15) is 0 Å². The first-order chi connectivity index (χ1) is 5.88. The molecule has 1 rings (SSSR count). The van der Waals surface area contributed by atoms with E-state index in [1.807, 2.05) is 6.92 Å². The number of nitrogens with two attached hydrogens (primary N) is 1. The standard InChI is InChI=1S/C10H21NO/c1-2-12-8-10(7-11)9-5-3-4-6-9/h9-10H,2-8,11H2,1H3. The van der Waals surface area contributed by atoms with Gasteiger partial charge >= 0.3 is 0 Å². The van der Waals surface area contributed by atoms with Crippen LogP contribution in [0, 0.1) is 11.8 Å². The summed E-state index contributed by atoms with van der Waals surface area (Å²) in [6.45, 7) is 4.54. The molecule has 0 saturated heterocycles. The Labute approximate surface area is 75.5 Å². The second-order valence-corrected chi connectivity index (χ2v) is 3.70. The maximum Gasteiger partial charge on any atom is 0.0508 e. The van der Waals surface area contributed by atoms with Crippen molar-refractivity contribution in [1.29, 1.82) is 0 Å². The average Bonchev–Trinajstić information content (AvgIpc) is 2.59. The van der Waals surface area contributed by atoms with E-state index in [1.165, 1.54) is 25.7 Å². The van der Waals surface area contributed by atoms with Gasteiger partial charge < -0.3 is 10.5 Å². The van der Waals surface area contributed by atoms with Gasteiger partial charge in [0.1, 0.15) is 0 Å². The first-order valence-electron chi connectivity index (χ1n) is 5.16. The second kappa shape index (κ2) is 5.55. The minimum Gasteiger partial charge on any atom is -0.381 e. The summed E-state index contributed by atoms with van der Waals surface area (Å²) < 4.78 is 5.42. The van der Waals surface area contributed by atoms with Gasteiger partial charge in [0.05, 0.1) is 6.61 Å². The lowest BCUT2D eigenvalue weighted by Gasteiger charge is -2.20. The fourth-order valence-electron chi connectivity index (χ4n) is 2.09. The third-order valence-corrected chi connectivity index (χ3v) is 2.91. The Morgan fingerprint density at radius 1 is 1.42 bits per heavy atom. The zero-order chi connectivity index (χ0) is 8.81. The normalized spacial score (nSPS) is 21.5. The summed E-state index contributed by atoms with van der Waals surface area (Å²) in [7, 11) is 0. The summed E-state index contributed by atoms with van der Waals surface area (Å²) in [5, 5.41) is 0. The van der Waals surface area contributed by atoms with E-state index in [4.69, 9.17) is 10.5 Å². The maximum atomic E-state index is 5.71. The molecule has 0 aromatic heterocycles. The molecule has 72 valence electrons. The van der Waals surface area contributed by atoms with Crippen molar-refractivity contribution >= 4 is 0 Å². The van der Waals surface area contributed by atoms with Gasteiger partial charge in [0.15, 0.2) is 0 Å². The van der Waals surface area contributed by atoms with E-state index in [0.717, 1.165) is 25.7 Å². The Hall–Kier alpha value is -0.0800. The van der Waals surface area contributed by atoms with Crippen LogP contribution in [0.5, 0.6) is 0 Å². The van der Waals surface area contributed by atoms with Gasteiger partial charge in [-0.2, -0.15) is 0 Å². The molecule has 12 heavy (non-hydrogen) atoms. The Balaban J connectivity index is 2.22. The highest BCUT2D eigenvalue weighted by Crippen LogP contribution is 2.30. The van der Waals surface area contributed by atoms with Gasteiger partial charge in [0.25, 0.3) is 0 Å². The van der Waals surface area contributed by atoms with Crippen LogP contribution in [0.3, 0.4) is 0 Å². The van der Waals surface area contributed by atoms with E-state index < -0.39 is 0 Å². The third-order valence-electron chi connectivity index (χ3n) is 2.91. The fourth-order valence-corrected chi connectivity index (χ4v) is 2.09. The number of rotatable bonds is 5. The molecule has 1 aliphatic carbocycles. The van der Waals surface area contributed by atoms with Crippen LogP contribution in [0.1, 0.15) is 32.6 Å². The molecular weight excluding hydrogens is 150 g/mol. The zero-order valence-electron chi connectivity index (χ0n) is 8.09. The molecule has 1 saturated carbocycles. The summed E-state index contributed by atoms with van der Waals surface area (Å²) in [6, 6.07) is 0. The molecule has 0 radical (unpaired) electrons. The predicted octanol–water partition coefficient (Wildman–Crippen LogP) is 1.79. The fraction of sp³-hybridized carbons (Fsp3) is 1.00. The molecule has 1 fully saturated rings. The molecular formula is C10H21NO. The van der Waals surface area contributed by atoms with Crippen molar-refractivity contribution in [3.8, 4) is 0 Å². The first kappa shape index (κ1) is 10.0. The first-order valence-corrected chi connectivity index (χ1v) is 5.16. The smallest absolute Gasteiger partial charge is 0.0508 e. The van der Waals surface area contributed by atoms with Crippen LogP contribution in [-0.4, -0.2) is 19.8 Å². The van der Waals surface area contributed by atoms with Gasteiger partial charge in [0, 0.05) is 6.61 Å². The van der Waals surface area contributed by atoms with Crippen LogP contribution in [0.15, 0.2) is 0 Å². The Kier molecular flexibility index (Phi) is 4.62. The summed E-state index contributed by atoms with van der Waals surface area (Å²) in [5.41, 5.74) is 5.71. The second-order valence-electron chi connectivity index (χ2n) is 3.70. The molecule has 1 aliphatic rings. The molecule has 2 nitrogen and oxygen atoms in total. The Morgan fingerprint density at radius 2 is 2.08 bits per heavy atom. The van der Waals surface area contributed by atoms with Crippen LogP contribution in [0.4, 0.5) is 0 Å². The summed E-state index contributed by atoms with van der Waals surface area (Å²) >= 11 is 0. The largest absolute Gasteiger partial charge is 0.381 e. The topological polar surface area (TPSA) is 35.2 Å². The van der Waals surface area contributed by atoms with Crippen LogP contribution in [0.2, 0.25) is 0 Å². The van der Waals surface area contributed by atoms with Crippen molar-refractivity contribution in [2.45, 2.75) is 32.6 Å². The number of hydrogen-bond donors (Lipinski definition) is 1. The summed E-state index contributed by atoms with van der Waals surface area (Å²) in [5.74, 6) is 1.47. The highest BCUT2D eigenvalue weighted by atomic mass is 16.5. The van der Waals surface area contributed by atoms with Gasteiger partial charge in [0.2, 0.25) is 0 Å². The lowest BCUT2D eigenvalue weighted by molar-refractivity contribution is 0.0900. The zero-order valence-corrected chi connectivity index (χ0v) is 8.09. The Bertz CT molecular complexity index is 110. The maximum absolute atomic E-state index is 5.71. The summed E-state index contributed by atoms with van der Waals surface area (Å²) in [4.78, 5) is 0. The van der Waals surface area contributed by atoms with E-state index in [1.54, 1.807) is 0 Å². The van der Waals surface area contributed by atoms with Gasteiger partial charge in [-0.05, 0) is 25.3 Å². The monoisotopic (exact) mass is 171 g/mol. The molecule has 0 spiro atoms. The number of ether oxygens (including phenoxy) is 1. The van der Waals surface area contributed by atoms with Gasteiger partial charge in [-0.15, -0.1) is 0 Å². The molecule has 2 heteroatoms. The van der Waals surface area contributed by atoms with Crippen LogP contribution in [-0.2, 0) is 4.74 Å². The van der Waals surface area contributed by atoms with E-state index >= 15 is 0 Å². The summed E-state index contributed by atoms with van der Waals surface area (Å²) in [6.07, 6.45) is 5.53. The lowest BCUT2D eigenvalue weighted by atomic mass is 9.92. The van der Waals surface area contributed by atoms with Crippen LogP contribution >= 0.6 is 0 Å². The molecule has 0 bridgehead atoms. The SMILES string of the molecule is CCOCC(CN)C1CCCC1. The van der Waals surface area contributed by atoms with Crippen LogP contribution in [0.25, 0.3) is 0 Å². The van der Waals surface area contributed by atoms with Gasteiger partial charge in [-0.3, -0.25) is 0 Å². The van der Waals surface area contributed by atoms with Crippen molar-refractivity contribution in [3.05, 3.63) is 0 Å². The molecule has 0 aromatic rings. The van der Waals surface area contributed by atoms with Gasteiger partial charge in [-0.1, -0.05) is 25.7 Å². The van der Waals surface area contributed by atoms with Crippen molar-refractivity contribution in [2.75, 3.05) is 19.8 Å². The van der Waals surface area contributed by atoms with Crippen molar-refractivity contribution in [3.63, 3.8) is 0 Å². The molecule has 1 unspecified atom stereocenters. The molecule has 2 N–H and O–H groups in total. The Morgan fingerprint density at radius 3 is 2.58 bits per heavy atom. The van der Waals surface area contributed by atoms with Crippen LogP contribution < -0.4 is 5.73 Å². The van der Waals surface area contributed by atoms with E-state index in [0.29, 0.717) is 5.92 Å². The predicted molar refractivity (Wildman–Crippen MR) is 51.0 cm³/mol. The van der Waals surface area contributed by atoms with Crippen molar-refractivity contribution in [2.24, 2.45) is 17.6 Å². The van der Waals surface area contributed by atoms with Crippen molar-refractivity contribution < 1.29 is 4.74 Å². The molecule has 1 atom stereocenters. The van der Waals surface area contributed by atoms with E-state index in [2.05, 4.69) is 0 Å². The van der Waals surface area contributed by atoms with E-state index in [-0.39, 0.29) is 0 Å². The molecule has 0 heterocycles. The molecule has 0 aromatic carbocycles. The average molecular weight is 171 g/mol. The molecule has 0 amide bonds. The third kappa shape index (κ3) is 2.76. The number of hydrogen-bond acceptors (Lipinski definition) is 2. The van der Waals surface area contributed by atoms with Crippen molar-refractivity contribution in [1.82, 2.24) is 0 Å². The minimum absolute atomic E-state index is 0.618. The quantitative estimate of drug-likeness (QED) is 0.684.